The number of allylic oxidation sites excluding steroid dienone is 2. The maximum absolute atomic E-state index is 11.5. The Bertz CT molecular complexity index is 676. The Kier molecular flexibility index (Phi) is 6.19. The number of esters is 1. The van der Waals surface area contributed by atoms with E-state index in [9.17, 15) is 4.79 Å². The standard InChI is InChI=1S/C28H46O2/c1-18(2)7-8-19(3)24-11-12-25-23-10-9-21-17-22(30-20(4)29)13-15-27(21,5)26(23)14-16-28(24,25)6/h7,19,21-26H,8-17H2,1-6H3. The van der Waals surface area contributed by atoms with Crippen LogP contribution in [0.5, 0.6) is 0 Å². The number of hydrogen-bond donors (Lipinski definition) is 0. The molecule has 0 aromatic rings. The summed E-state index contributed by atoms with van der Waals surface area (Å²) in [7, 11) is 0. The fourth-order valence-electron chi connectivity index (χ4n) is 9.12. The third kappa shape index (κ3) is 3.79. The van der Waals surface area contributed by atoms with E-state index in [4.69, 9.17) is 4.74 Å². The maximum atomic E-state index is 11.5. The van der Waals surface area contributed by atoms with Gasteiger partial charge in [-0.3, -0.25) is 4.79 Å². The molecule has 0 amide bonds. The Morgan fingerprint density at radius 2 is 1.67 bits per heavy atom. The highest BCUT2D eigenvalue weighted by atomic mass is 16.5. The molecule has 4 saturated carbocycles. The first-order valence-corrected chi connectivity index (χ1v) is 13.0. The monoisotopic (exact) mass is 414 g/mol. The van der Waals surface area contributed by atoms with Crippen LogP contribution in [0.25, 0.3) is 0 Å². The van der Waals surface area contributed by atoms with E-state index in [-0.39, 0.29) is 12.1 Å². The summed E-state index contributed by atoms with van der Waals surface area (Å²) < 4.78 is 5.64. The van der Waals surface area contributed by atoms with Crippen molar-refractivity contribution in [2.24, 2.45) is 46.3 Å². The zero-order valence-corrected chi connectivity index (χ0v) is 20.5. The minimum atomic E-state index is -0.0926. The molecule has 4 rings (SSSR count). The van der Waals surface area contributed by atoms with Gasteiger partial charge in [-0.25, -0.2) is 0 Å². The number of carbonyl (C=O) groups excluding carboxylic acids is 1. The zero-order chi connectivity index (χ0) is 21.7. The number of fused-ring (bicyclic) bond motifs is 5. The average Bonchev–Trinajstić information content (AvgIpc) is 3.03. The van der Waals surface area contributed by atoms with E-state index in [0.29, 0.717) is 10.8 Å². The minimum absolute atomic E-state index is 0.0926. The molecule has 0 N–H and O–H groups in total. The molecule has 4 fully saturated rings. The number of rotatable bonds is 4. The van der Waals surface area contributed by atoms with E-state index >= 15 is 0 Å². The van der Waals surface area contributed by atoms with Crippen LogP contribution < -0.4 is 0 Å². The molecule has 170 valence electrons. The Balaban J connectivity index is 1.48. The van der Waals surface area contributed by atoms with Crippen LogP contribution in [0.1, 0.15) is 106 Å². The van der Waals surface area contributed by atoms with Gasteiger partial charge in [0.2, 0.25) is 0 Å². The van der Waals surface area contributed by atoms with Crippen LogP contribution in [-0.4, -0.2) is 12.1 Å². The van der Waals surface area contributed by atoms with Crippen molar-refractivity contribution in [3.05, 3.63) is 11.6 Å². The summed E-state index contributed by atoms with van der Waals surface area (Å²) in [5, 5.41) is 0. The van der Waals surface area contributed by atoms with Crippen molar-refractivity contribution in [2.45, 2.75) is 112 Å². The van der Waals surface area contributed by atoms with Gasteiger partial charge in [0.1, 0.15) is 6.10 Å². The Morgan fingerprint density at radius 3 is 2.37 bits per heavy atom. The molecule has 0 aromatic heterocycles. The van der Waals surface area contributed by atoms with Crippen LogP contribution >= 0.6 is 0 Å². The molecule has 9 atom stereocenters. The van der Waals surface area contributed by atoms with Gasteiger partial charge in [-0.15, -0.1) is 0 Å². The van der Waals surface area contributed by atoms with Crippen LogP contribution in [0.3, 0.4) is 0 Å². The highest BCUT2D eigenvalue weighted by Crippen LogP contribution is 2.68. The summed E-state index contributed by atoms with van der Waals surface area (Å²) in [5.41, 5.74) is 2.52. The highest BCUT2D eigenvalue weighted by molar-refractivity contribution is 5.66. The largest absolute Gasteiger partial charge is 0.463 e. The van der Waals surface area contributed by atoms with Gasteiger partial charge in [-0.05, 0) is 124 Å². The number of hydrogen-bond acceptors (Lipinski definition) is 2. The molecule has 0 radical (unpaired) electrons. The van der Waals surface area contributed by atoms with Gasteiger partial charge in [0, 0.05) is 6.92 Å². The van der Waals surface area contributed by atoms with E-state index in [0.717, 1.165) is 48.3 Å². The third-order valence-corrected chi connectivity index (χ3v) is 10.6. The fourth-order valence-corrected chi connectivity index (χ4v) is 9.12. The molecule has 0 aromatic carbocycles. The predicted molar refractivity (Wildman–Crippen MR) is 124 cm³/mol. The summed E-state index contributed by atoms with van der Waals surface area (Å²) >= 11 is 0. The smallest absolute Gasteiger partial charge is 0.302 e. The molecule has 2 nitrogen and oxygen atoms in total. The molecular formula is C28H46O2. The third-order valence-electron chi connectivity index (χ3n) is 10.6. The lowest BCUT2D eigenvalue weighted by molar-refractivity contribution is -0.160. The molecular weight excluding hydrogens is 368 g/mol. The second kappa shape index (κ2) is 8.28. The first-order valence-electron chi connectivity index (χ1n) is 13.0. The minimum Gasteiger partial charge on any atom is -0.463 e. The summed E-state index contributed by atoms with van der Waals surface area (Å²) in [6.07, 6.45) is 16.0. The van der Waals surface area contributed by atoms with Crippen molar-refractivity contribution in [1.82, 2.24) is 0 Å². The molecule has 4 aliphatic carbocycles. The SMILES string of the molecule is CC(=O)OC1CCC2(C)C(CCC3C2CCC2(C)C(C(C)CC=C(C)C)CCC32)C1. The molecule has 0 heterocycles. The van der Waals surface area contributed by atoms with Crippen LogP contribution in [0.4, 0.5) is 0 Å². The van der Waals surface area contributed by atoms with Gasteiger partial charge in [-0.1, -0.05) is 32.4 Å². The molecule has 9 unspecified atom stereocenters. The number of carbonyl (C=O) groups is 1. The lowest BCUT2D eigenvalue weighted by Gasteiger charge is -2.61. The summed E-state index contributed by atoms with van der Waals surface area (Å²) in [5.74, 6) is 5.18. The fraction of sp³-hybridized carbons (Fsp3) is 0.893. The van der Waals surface area contributed by atoms with Gasteiger partial charge in [-0.2, -0.15) is 0 Å². The van der Waals surface area contributed by atoms with Crippen LogP contribution in [0.15, 0.2) is 11.6 Å². The lowest BCUT2D eigenvalue weighted by Crippen LogP contribution is -2.54. The van der Waals surface area contributed by atoms with Crippen molar-refractivity contribution >= 4 is 5.97 Å². The van der Waals surface area contributed by atoms with Crippen LogP contribution in [0.2, 0.25) is 0 Å². The molecule has 2 heteroatoms. The topological polar surface area (TPSA) is 26.3 Å². The molecule has 0 aliphatic heterocycles. The van der Waals surface area contributed by atoms with Crippen molar-refractivity contribution in [2.75, 3.05) is 0 Å². The molecule has 30 heavy (non-hydrogen) atoms. The maximum Gasteiger partial charge on any atom is 0.302 e. The second-order valence-electron chi connectivity index (χ2n) is 12.4. The molecule has 0 spiro atoms. The Hall–Kier alpha value is -0.790. The van der Waals surface area contributed by atoms with Gasteiger partial charge < -0.3 is 4.74 Å². The van der Waals surface area contributed by atoms with E-state index in [1.807, 2.05) is 0 Å². The first-order chi connectivity index (χ1) is 14.1. The summed E-state index contributed by atoms with van der Waals surface area (Å²) in [4.78, 5) is 11.5. The lowest BCUT2D eigenvalue weighted by atomic mass is 9.44. The Morgan fingerprint density at radius 1 is 0.967 bits per heavy atom. The van der Waals surface area contributed by atoms with E-state index in [1.54, 1.807) is 6.92 Å². The highest BCUT2D eigenvalue weighted by Gasteiger charge is 2.60. The first kappa shape index (κ1) is 22.4. The zero-order valence-electron chi connectivity index (χ0n) is 20.5. The molecule has 0 saturated heterocycles. The average molecular weight is 415 g/mol. The predicted octanol–water partition coefficient (Wildman–Crippen LogP) is 7.57. The summed E-state index contributed by atoms with van der Waals surface area (Å²) in [6.45, 7) is 13.9. The van der Waals surface area contributed by atoms with Gasteiger partial charge in [0.05, 0.1) is 0 Å². The second-order valence-corrected chi connectivity index (χ2v) is 12.4. The normalized spacial score (nSPS) is 46.2. The molecule has 4 aliphatic rings. The molecule has 0 bridgehead atoms. The van der Waals surface area contributed by atoms with E-state index in [1.165, 1.54) is 56.9 Å². The van der Waals surface area contributed by atoms with Crippen molar-refractivity contribution in [3.63, 3.8) is 0 Å². The van der Waals surface area contributed by atoms with Crippen LogP contribution in [0, 0.1) is 46.3 Å². The van der Waals surface area contributed by atoms with Gasteiger partial charge in [0.15, 0.2) is 0 Å². The van der Waals surface area contributed by atoms with Gasteiger partial charge >= 0.3 is 5.97 Å². The van der Waals surface area contributed by atoms with Crippen molar-refractivity contribution in [3.8, 4) is 0 Å². The van der Waals surface area contributed by atoms with E-state index in [2.05, 4.69) is 40.7 Å². The van der Waals surface area contributed by atoms with Crippen LogP contribution in [-0.2, 0) is 9.53 Å². The van der Waals surface area contributed by atoms with Crippen molar-refractivity contribution in [1.29, 1.82) is 0 Å². The Labute approximate surface area is 185 Å². The quantitative estimate of drug-likeness (QED) is 0.350. The van der Waals surface area contributed by atoms with Crippen molar-refractivity contribution < 1.29 is 9.53 Å². The van der Waals surface area contributed by atoms with Gasteiger partial charge in [0.25, 0.3) is 0 Å². The van der Waals surface area contributed by atoms with E-state index < -0.39 is 0 Å². The summed E-state index contributed by atoms with van der Waals surface area (Å²) in [6, 6.07) is 0. The number of ether oxygens (including phenoxy) is 1.